The fourth-order valence-electron chi connectivity index (χ4n) is 0.893. The second-order valence-electron chi connectivity index (χ2n) is 4.32. The van der Waals surface area contributed by atoms with E-state index in [4.69, 9.17) is 29.5 Å². The van der Waals surface area contributed by atoms with Crippen LogP contribution in [0.2, 0.25) is 0 Å². The number of aliphatic hydroxyl groups excluding tert-OH is 5. The largest absolute Gasteiger partial charge is 0.394 e. The minimum atomic E-state index is -3.67. The molecule has 0 aromatic rings. The Morgan fingerprint density at radius 1 is 0.826 bits per heavy atom. The van der Waals surface area contributed by atoms with Crippen LogP contribution in [0.5, 0.6) is 0 Å². The standard InChI is InChI=1S/C7H17NO5.2CH4O3S/c1-8-2-4(10)6(12)7(13)5(11)3-9;2*1-5(2,3)4/h4-13H,2-3H2,1H3;2*1H3,(H,2,3,4)/t4-,5+,6+,7+;;/m0../s1. The molecule has 0 heterocycles. The van der Waals surface area contributed by atoms with Crippen LogP contribution in [0.25, 0.3) is 0 Å². The lowest BCUT2D eigenvalue weighted by molar-refractivity contribution is -0.113. The molecule has 0 fully saturated rings. The van der Waals surface area contributed by atoms with Gasteiger partial charge in [-0.1, -0.05) is 0 Å². The molecule has 0 aromatic heterocycles. The summed E-state index contributed by atoms with van der Waals surface area (Å²) in [6.07, 6.45) is -4.22. The molecule has 0 aliphatic heterocycles. The average molecular weight is 387 g/mol. The molecule has 14 heteroatoms. The van der Waals surface area contributed by atoms with E-state index >= 15 is 0 Å². The van der Waals surface area contributed by atoms with Crippen molar-refractivity contribution < 1.29 is 51.5 Å². The first-order valence-electron chi connectivity index (χ1n) is 5.87. The van der Waals surface area contributed by atoms with Gasteiger partial charge >= 0.3 is 0 Å². The zero-order chi connectivity index (χ0) is 19.4. The monoisotopic (exact) mass is 387 g/mol. The third kappa shape index (κ3) is 30.1. The van der Waals surface area contributed by atoms with Crippen molar-refractivity contribution in [2.75, 3.05) is 32.7 Å². The number of hydrogen-bond donors (Lipinski definition) is 8. The van der Waals surface area contributed by atoms with E-state index < -0.39 is 51.3 Å². The normalized spacial score (nSPS) is 16.8. The second kappa shape index (κ2) is 12.9. The maximum absolute atomic E-state index is 9.21. The summed E-state index contributed by atoms with van der Waals surface area (Å²) in [7, 11) is -5.76. The molecule has 0 aliphatic carbocycles. The van der Waals surface area contributed by atoms with Crippen LogP contribution in [0.15, 0.2) is 0 Å². The molecule has 0 saturated heterocycles. The maximum Gasteiger partial charge on any atom is 0.261 e. The zero-order valence-electron chi connectivity index (χ0n) is 12.8. The van der Waals surface area contributed by atoms with Gasteiger partial charge in [-0.2, -0.15) is 16.8 Å². The molecule has 0 unspecified atom stereocenters. The first kappa shape index (κ1) is 27.4. The van der Waals surface area contributed by atoms with Crippen molar-refractivity contribution in [3.63, 3.8) is 0 Å². The minimum absolute atomic E-state index is 0.0936. The number of hydrogen-bond acceptors (Lipinski definition) is 10. The van der Waals surface area contributed by atoms with E-state index in [-0.39, 0.29) is 6.54 Å². The smallest absolute Gasteiger partial charge is 0.261 e. The molecule has 0 aliphatic rings. The Labute approximate surface area is 134 Å². The lowest BCUT2D eigenvalue weighted by Gasteiger charge is -2.25. The topological polar surface area (TPSA) is 222 Å². The first-order chi connectivity index (χ1) is 10.0. The number of nitrogens with one attached hydrogen (secondary N) is 1. The molecule has 4 atom stereocenters. The fraction of sp³-hybridized carbons (Fsp3) is 1.00. The van der Waals surface area contributed by atoms with Crippen molar-refractivity contribution >= 4 is 20.2 Å². The van der Waals surface area contributed by atoms with Gasteiger partial charge in [0.1, 0.15) is 18.3 Å². The van der Waals surface area contributed by atoms with Gasteiger partial charge in [-0.3, -0.25) is 9.11 Å². The van der Waals surface area contributed by atoms with Gasteiger partial charge in [0.15, 0.2) is 0 Å². The van der Waals surface area contributed by atoms with Gasteiger partial charge < -0.3 is 30.8 Å². The molecule has 0 bridgehead atoms. The maximum atomic E-state index is 9.21. The summed E-state index contributed by atoms with van der Waals surface area (Å²) in [6, 6.07) is 0. The van der Waals surface area contributed by atoms with Crippen molar-refractivity contribution in [1.82, 2.24) is 5.32 Å². The van der Waals surface area contributed by atoms with Gasteiger partial charge in [0.2, 0.25) is 0 Å². The predicted molar refractivity (Wildman–Crippen MR) is 80.0 cm³/mol. The van der Waals surface area contributed by atoms with E-state index in [0.29, 0.717) is 12.5 Å². The summed E-state index contributed by atoms with van der Waals surface area (Å²) >= 11 is 0. The van der Waals surface area contributed by atoms with Crippen molar-refractivity contribution in [2.24, 2.45) is 0 Å². The van der Waals surface area contributed by atoms with E-state index in [1.165, 1.54) is 0 Å². The molecule has 0 aromatic carbocycles. The summed E-state index contributed by atoms with van der Waals surface area (Å²) in [5.74, 6) is 0. The highest BCUT2D eigenvalue weighted by molar-refractivity contribution is 7.85. The summed E-state index contributed by atoms with van der Waals surface area (Å²) in [4.78, 5) is 0. The van der Waals surface area contributed by atoms with E-state index in [2.05, 4.69) is 5.32 Å². The first-order valence-corrected chi connectivity index (χ1v) is 9.56. The number of rotatable bonds is 6. The van der Waals surface area contributed by atoms with Gasteiger partial charge in [-0.05, 0) is 7.05 Å². The Hall–Kier alpha value is -0.420. The van der Waals surface area contributed by atoms with Crippen molar-refractivity contribution in [1.29, 1.82) is 0 Å². The Balaban J connectivity index is -0.000000329. The SMILES string of the molecule is CNC[C@H](O)[C@@H](O)[C@H](O)[C@H](O)CO.CS(=O)(=O)O.CS(=O)(=O)O. The van der Waals surface area contributed by atoms with Gasteiger partial charge in [0.25, 0.3) is 20.2 Å². The second-order valence-corrected chi connectivity index (χ2v) is 7.25. The highest BCUT2D eigenvalue weighted by Crippen LogP contribution is 2.04. The summed E-state index contributed by atoms with van der Waals surface area (Å²) in [5.41, 5.74) is 0. The van der Waals surface area contributed by atoms with Crippen molar-refractivity contribution in [2.45, 2.75) is 24.4 Å². The van der Waals surface area contributed by atoms with Gasteiger partial charge in [-0.15, -0.1) is 0 Å². The molecular formula is C9H25NO11S2. The molecule has 0 rings (SSSR count). The van der Waals surface area contributed by atoms with Crippen molar-refractivity contribution in [3.05, 3.63) is 0 Å². The molecule has 12 nitrogen and oxygen atoms in total. The fourth-order valence-corrected chi connectivity index (χ4v) is 0.893. The van der Waals surface area contributed by atoms with Crippen LogP contribution >= 0.6 is 0 Å². The van der Waals surface area contributed by atoms with Gasteiger partial charge in [-0.25, -0.2) is 0 Å². The third-order valence-electron chi connectivity index (χ3n) is 1.74. The minimum Gasteiger partial charge on any atom is -0.394 e. The summed E-state index contributed by atoms with van der Waals surface area (Å²) < 4.78 is 51.7. The quantitative estimate of drug-likeness (QED) is 0.202. The summed E-state index contributed by atoms with van der Waals surface area (Å²) in [5, 5.41) is 47.5. The van der Waals surface area contributed by atoms with E-state index in [1.54, 1.807) is 7.05 Å². The zero-order valence-corrected chi connectivity index (χ0v) is 14.4. The predicted octanol–water partition coefficient (Wildman–Crippen LogP) is -4.35. The molecule has 0 spiro atoms. The molecule has 0 amide bonds. The van der Waals surface area contributed by atoms with E-state index in [1.807, 2.05) is 0 Å². The third-order valence-corrected chi connectivity index (χ3v) is 1.74. The molecule has 8 N–H and O–H groups in total. The van der Waals surface area contributed by atoms with Crippen LogP contribution in [0, 0.1) is 0 Å². The lowest BCUT2D eigenvalue weighted by atomic mass is 10.0. The highest BCUT2D eigenvalue weighted by Gasteiger charge is 2.29. The Morgan fingerprint density at radius 3 is 1.30 bits per heavy atom. The number of aliphatic hydroxyl groups is 5. The number of likely N-dealkylation sites (N-methyl/N-ethyl adjacent to an activating group) is 1. The molecular weight excluding hydrogens is 362 g/mol. The molecule has 144 valence electrons. The highest BCUT2D eigenvalue weighted by atomic mass is 32.2. The average Bonchev–Trinajstić information content (AvgIpc) is 2.32. The molecule has 0 radical (unpaired) electrons. The van der Waals surface area contributed by atoms with Crippen LogP contribution in [0.1, 0.15) is 0 Å². The Morgan fingerprint density at radius 2 is 1.09 bits per heavy atom. The Bertz CT molecular complexity index is 432. The molecule has 23 heavy (non-hydrogen) atoms. The van der Waals surface area contributed by atoms with Gasteiger partial charge in [0.05, 0.1) is 25.2 Å². The summed E-state index contributed by atoms with van der Waals surface area (Å²) in [6.45, 7) is -0.569. The van der Waals surface area contributed by atoms with Crippen LogP contribution in [0.3, 0.4) is 0 Å². The Kier molecular flexibility index (Phi) is 15.4. The van der Waals surface area contributed by atoms with Crippen LogP contribution in [-0.4, -0.2) is 109 Å². The molecule has 0 saturated carbocycles. The van der Waals surface area contributed by atoms with Crippen LogP contribution in [-0.2, 0) is 20.2 Å². The van der Waals surface area contributed by atoms with E-state index in [0.717, 1.165) is 0 Å². The van der Waals surface area contributed by atoms with Crippen LogP contribution < -0.4 is 5.32 Å². The van der Waals surface area contributed by atoms with Crippen LogP contribution in [0.4, 0.5) is 0 Å². The van der Waals surface area contributed by atoms with E-state index in [9.17, 15) is 21.9 Å². The van der Waals surface area contributed by atoms with Crippen molar-refractivity contribution in [3.8, 4) is 0 Å². The van der Waals surface area contributed by atoms with Gasteiger partial charge in [0, 0.05) is 6.54 Å². The lowest BCUT2D eigenvalue weighted by Crippen LogP contribution is -2.48.